The lowest BCUT2D eigenvalue weighted by atomic mass is 10.8. The molecule has 2 nitrogen and oxygen atoms in total. The molecule has 0 fully saturated rings. The molecule has 10 heavy (non-hydrogen) atoms. The van der Waals surface area contributed by atoms with Crippen LogP contribution in [0.3, 0.4) is 0 Å². The van der Waals surface area contributed by atoms with E-state index in [1.54, 1.807) is 0 Å². The molecule has 0 aromatic rings. The molecule has 0 amide bonds. The minimum Gasteiger partial charge on any atom is -0.212 e. The number of hydrogen-bond donors (Lipinski definition) is 0. The average molecular weight is 205 g/mol. The molecule has 0 saturated heterocycles. The minimum absolute atomic E-state index is 0.158. The van der Waals surface area contributed by atoms with Crippen LogP contribution in [0.15, 0.2) is 12.7 Å². The topological polar surface area (TPSA) is 34.1 Å². The van der Waals surface area contributed by atoms with Gasteiger partial charge in [-0.25, -0.2) is 8.42 Å². The van der Waals surface area contributed by atoms with Crippen molar-refractivity contribution in [3.05, 3.63) is 12.7 Å². The highest BCUT2D eigenvalue weighted by Crippen LogP contribution is 1.93. The van der Waals surface area contributed by atoms with Crippen molar-refractivity contribution in [2.24, 2.45) is 0 Å². The van der Waals surface area contributed by atoms with Crippen LogP contribution in [0.25, 0.3) is 0 Å². The second-order valence-electron chi connectivity index (χ2n) is 1.26. The van der Waals surface area contributed by atoms with Gasteiger partial charge in [0.05, 0.1) is 5.75 Å². The van der Waals surface area contributed by atoms with Crippen molar-refractivity contribution in [2.45, 2.75) is 6.92 Å². The van der Waals surface area contributed by atoms with Crippen LogP contribution < -0.4 is 0 Å². The molecule has 62 valence electrons. The van der Waals surface area contributed by atoms with E-state index < -0.39 is 9.05 Å². The van der Waals surface area contributed by atoms with Gasteiger partial charge in [-0.05, 0) is 0 Å². The molecule has 0 unspecified atom stereocenters. The maximum absolute atomic E-state index is 9.93. The van der Waals surface area contributed by atoms with Gasteiger partial charge in [0.15, 0.2) is 0 Å². The third-order valence-electron chi connectivity index (χ3n) is 0.317. The van der Waals surface area contributed by atoms with Crippen molar-refractivity contribution in [1.29, 1.82) is 0 Å². The smallest absolute Gasteiger partial charge is 0.212 e. The summed E-state index contributed by atoms with van der Waals surface area (Å²) in [7, 11) is 1.41. The van der Waals surface area contributed by atoms with Crippen molar-refractivity contribution < 1.29 is 8.42 Å². The van der Waals surface area contributed by atoms with Crippen LogP contribution in [0.5, 0.6) is 0 Å². The number of halogens is 2. The van der Waals surface area contributed by atoms with E-state index in [1.165, 1.54) is 6.08 Å². The molecule has 0 N–H and O–H groups in total. The average Bonchev–Trinajstić information content (AvgIpc) is 1.63. The highest BCUT2D eigenvalue weighted by atomic mass is 35.7. The Balaban J connectivity index is 0. The molecular formula is C5H10Cl2O2S. The Bertz CT molecular complexity index is 162. The summed E-state index contributed by atoms with van der Waals surface area (Å²) in [6, 6.07) is 0. The van der Waals surface area contributed by atoms with Crippen LogP contribution in [-0.2, 0) is 9.05 Å². The first-order valence-electron chi connectivity index (χ1n) is 2.57. The van der Waals surface area contributed by atoms with Crippen LogP contribution in [0.1, 0.15) is 6.92 Å². The second-order valence-corrected chi connectivity index (χ2v) is 4.62. The van der Waals surface area contributed by atoms with Gasteiger partial charge >= 0.3 is 0 Å². The molecule has 0 aliphatic carbocycles. The molecule has 0 aromatic heterocycles. The molecule has 0 aliphatic heterocycles. The Morgan fingerprint density at radius 2 is 1.90 bits per heavy atom. The summed E-state index contributed by atoms with van der Waals surface area (Å²) in [5.41, 5.74) is 0. The Hall–Kier alpha value is 0.270. The summed E-state index contributed by atoms with van der Waals surface area (Å²) in [5.74, 6) is 0.564. The summed E-state index contributed by atoms with van der Waals surface area (Å²) < 4.78 is 19.9. The lowest BCUT2D eigenvalue weighted by Gasteiger charge is -1.79. The van der Waals surface area contributed by atoms with Gasteiger partial charge < -0.3 is 0 Å². The zero-order valence-corrected chi connectivity index (χ0v) is 8.01. The van der Waals surface area contributed by atoms with Gasteiger partial charge in [0, 0.05) is 16.6 Å². The van der Waals surface area contributed by atoms with Crippen molar-refractivity contribution in [3.63, 3.8) is 0 Å². The van der Waals surface area contributed by atoms with Crippen molar-refractivity contribution in [2.75, 3.05) is 11.6 Å². The first-order valence-corrected chi connectivity index (χ1v) is 5.58. The van der Waals surface area contributed by atoms with Gasteiger partial charge in [-0.3, -0.25) is 0 Å². The first kappa shape index (κ1) is 12.9. The van der Waals surface area contributed by atoms with Crippen LogP contribution in [0, 0.1) is 0 Å². The Morgan fingerprint density at radius 1 is 1.60 bits per heavy atom. The van der Waals surface area contributed by atoms with Gasteiger partial charge in [0.2, 0.25) is 9.05 Å². The third kappa shape index (κ3) is 24.0. The highest BCUT2D eigenvalue weighted by molar-refractivity contribution is 8.13. The number of alkyl halides is 1. The fourth-order valence-corrected chi connectivity index (χ4v) is 0.690. The Kier molecular flexibility index (Phi) is 9.52. The molecule has 0 heterocycles. The molecule has 0 spiro atoms. The summed E-state index contributed by atoms with van der Waals surface area (Å²) in [5, 5.41) is 0. The molecule has 5 heteroatoms. The summed E-state index contributed by atoms with van der Waals surface area (Å²) in [4.78, 5) is 0. The Labute approximate surface area is 71.3 Å². The largest absolute Gasteiger partial charge is 0.236 e. The monoisotopic (exact) mass is 204 g/mol. The van der Waals surface area contributed by atoms with E-state index >= 15 is 0 Å². The lowest BCUT2D eigenvalue weighted by Crippen LogP contribution is -1.90. The quantitative estimate of drug-likeness (QED) is 0.392. The van der Waals surface area contributed by atoms with E-state index in [9.17, 15) is 8.42 Å². The van der Waals surface area contributed by atoms with Gasteiger partial charge in [-0.2, -0.15) is 0 Å². The zero-order chi connectivity index (χ0) is 8.62. The van der Waals surface area contributed by atoms with E-state index in [0.717, 1.165) is 5.88 Å². The van der Waals surface area contributed by atoms with E-state index in [-0.39, 0.29) is 5.75 Å². The van der Waals surface area contributed by atoms with E-state index in [1.807, 2.05) is 6.92 Å². The van der Waals surface area contributed by atoms with Crippen LogP contribution in [0.2, 0.25) is 0 Å². The zero-order valence-electron chi connectivity index (χ0n) is 5.68. The predicted molar refractivity (Wildman–Crippen MR) is 46.2 cm³/mol. The number of rotatable bonds is 2. The molecule has 0 atom stereocenters. The van der Waals surface area contributed by atoms with E-state index in [0.29, 0.717) is 0 Å². The first-order chi connectivity index (χ1) is 4.47. The van der Waals surface area contributed by atoms with Crippen molar-refractivity contribution in [1.82, 2.24) is 0 Å². The molecular weight excluding hydrogens is 195 g/mol. The van der Waals surface area contributed by atoms with Crippen LogP contribution in [-0.4, -0.2) is 20.1 Å². The number of hydrogen-bond acceptors (Lipinski definition) is 2. The summed E-state index contributed by atoms with van der Waals surface area (Å²) in [6.07, 6.45) is 1.24. The lowest BCUT2D eigenvalue weighted by molar-refractivity contribution is 0.612. The van der Waals surface area contributed by atoms with Gasteiger partial charge in [0.25, 0.3) is 0 Å². The van der Waals surface area contributed by atoms with Gasteiger partial charge in [-0.1, -0.05) is 13.0 Å². The third-order valence-corrected chi connectivity index (χ3v) is 1.33. The fraction of sp³-hybridized carbons (Fsp3) is 0.600. The SMILES string of the molecule is C=CCS(=O)(=O)Cl.CCCl. The second kappa shape index (κ2) is 7.38. The van der Waals surface area contributed by atoms with Crippen LogP contribution in [0.4, 0.5) is 0 Å². The molecule has 0 aromatic carbocycles. The van der Waals surface area contributed by atoms with Crippen molar-refractivity contribution in [3.8, 4) is 0 Å². The molecule has 0 radical (unpaired) electrons. The minimum atomic E-state index is -3.32. The molecule has 0 bridgehead atoms. The molecule has 0 rings (SSSR count). The summed E-state index contributed by atoms with van der Waals surface area (Å²) >= 11 is 5.00. The van der Waals surface area contributed by atoms with Crippen molar-refractivity contribution >= 4 is 31.3 Å². The van der Waals surface area contributed by atoms with Gasteiger partial charge in [-0.15, -0.1) is 18.2 Å². The normalized spacial score (nSPS) is 9.50. The maximum atomic E-state index is 9.93. The maximum Gasteiger partial charge on any atom is 0.236 e. The standard InChI is InChI=1S/C3H5ClO2S.C2H5Cl/c1-2-3-7(4,5)6;1-2-3/h2H,1,3H2;2H2,1H3. The summed E-state index contributed by atoms with van der Waals surface area (Å²) in [6.45, 7) is 5.07. The fourth-order valence-electron chi connectivity index (χ4n) is 0.141. The van der Waals surface area contributed by atoms with E-state index in [2.05, 4.69) is 6.58 Å². The predicted octanol–water partition coefficient (Wildman–Crippen LogP) is 1.99. The van der Waals surface area contributed by atoms with E-state index in [4.69, 9.17) is 22.3 Å². The molecule has 0 aliphatic rings. The molecule has 0 saturated carbocycles. The van der Waals surface area contributed by atoms with Gasteiger partial charge in [0.1, 0.15) is 0 Å². The van der Waals surface area contributed by atoms with Crippen LogP contribution >= 0.6 is 22.3 Å². The highest BCUT2D eigenvalue weighted by Gasteiger charge is 1.97. The Morgan fingerprint density at radius 3 is 1.90 bits per heavy atom.